The minimum Gasteiger partial charge on any atom is -0.393 e. The Balaban J connectivity index is 1.80. The molecule has 2 fully saturated rings. The summed E-state index contributed by atoms with van der Waals surface area (Å²) in [5.41, 5.74) is 0. The zero-order valence-electron chi connectivity index (χ0n) is 10.7. The molecule has 0 atom stereocenters. The standard InChI is InChI=1S/C13H26N2O/c1-14-9-7-12(8-10-14)15(2)11-3-5-13(16)6-4-11/h11-13,16H,3-10H2,1-2H3. The zero-order valence-corrected chi connectivity index (χ0v) is 10.7. The largest absolute Gasteiger partial charge is 0.393 e. The third-order valence-electron chi connectivity index (χ3n) is 4.51. The smallest absolute Gasteiger partial charge is 0.0541 e. The van der Waals surface area contributed by atoms with E-state index in [2.05, 4.69) is 23.9 Å². The molecule has 2 rings (SSSR count). The highest BCUT2D eigenvalue weighted by Gasteiger charge is 2.28. The molecule has 1 N–H and O–H groups in total. The van der Waals surface area contributed by atoms with E-state index in [9.17, 15) is 5.11 Å². The molecule has 16 heavy (non-hydrogen) atoms. The lowest BCUT2D eigenvalue weighted by Gasteiger charge is -2.41. The molecule has 1 saturated carbocycles. The molecule has 94 valence electrons. The minimum absolute atomic E-state index is 0.0258. The summed E-state index contributed by atoms with van der Waals surface area (Å²) in [4.78, 5) is 5.02. The summed E-state index contributed by atoms with van der Waals surface area (Å²) in [6, 6.07) is 1.49. The minimum atomic E-state index is -0.0258. The van der Waals surface area contributed by atoms with E-state index in [-0.39, 0.29) is 6.10 Å². The van der Waals surface area contributed by atoms with Crippen molar-refractivity contribution in [1.29, 1.82) is 0 Å². The molecular formula is C13H26N2O. The fourth-order valence-electron chi connectivity index (χ4n) is 3.17. The predicted molar refractivity (Wildman–Crippen MR) is 66.5 cm³/mol. The Bertz CT molecular complexity index is 184. The molecule has 1 aliphatic carbocycles. The molecule has 1 heterocycles. The number of hydrogen-bond donors (Lipinski definition) is 1. The Morgan fingerprint density at radius 1 is 0.938 bits per heavy atom. The van der Waals surface area contributed by atoms with E-state index < -0.39 is 0 Å². The number of hydrogen-bond acceptors (Lipinski definition) is 3. The van der Waals surface area contributed by atoms with Crippen molar-refractivity contribution in [2.45, 2.75) is 56.7 Å². The average Bonchev–Trinajstić information content (AvgIpc) is 2.30. The van der Waals surface area contributed by atoms with Gasteiger partial charge in [0, 0.05) is 12.1 Å². The van der Waals surface area contributed by atoms with Gasteiger partial charge in [-0.05, 0) is 65.7 Å². The van der Waals surface area contributed by atoms with Crippen LogP contribution in [-0.4, -0.2) is 60.3 Å². The molecular weight excluding hydrogens is 200 g/mol. The Hall–Kier alpha value is -0.120. The molecule has 2 aliphatic rings. The summed E-state index contributed by atoms with van der Waals surface area (Å²) in [5, 5.41) is 9.53. The van der Waals surface area contributed by atoms with Gasteiger partial charge in [0.2, 0.25) is 0 Å². The molecule has 0 radical (unpaired) electrons. The molecule has 0 unspecified atom stereocenters. The SMILES string of the molecule is CN1CCC(N(C)C2CCC(O)CC2)CC1. The molecule has 1 aliphatic heterocycles. The van der Waals surface area contributed by atoms with Crippen LogP contribution in [-0.2, 0) is 0 Å². The highest BCUT2D eigenvalue weighted by atomic mass is 16.3. The van der Waals surface area contributed by atoms with E-state index in [0.717, 1.165) is 24.9 Å². The fraction of sp³-hybridized carbons (Fsp3) is 1.00. The number of aliphatic hydroxyl groups is 1. The van der Waals surface area contributed by atoms with Crippen molar-refractivity contribution < 1.29 is 5.11 Å². The van der Waals surface area contributed by atoms with E-state index in [1.54, 1.807) is 0 Å². The van der Waals surface area contributed by atoms with Crippen LogP contribution in [0.2, 0.25) is 0 Å². The van der Waals surface area contributed by atoms with Crippen molar-refractivity contribution in [1.82, 2.24) is 9.80 Å². The van der Waals surface area contributed by atoms with Crippen LogP contribution in [0.25, 0.3) is 0 Å². The first-order chi connectivity index (χ1) is 7.66. The van der Waals surface area contributed by atoms with E-state index >= 15 is 0 Å². The molecule has 0 aromatic carbocycles. The number of rotatable bonds is 2. The monoisotopic (exact) mass is 226 g/mol. The molecule has 1 saturated heterocycles. The van der Waals surface area contributed by atoms with E-state index in [4.69, 9.17) is 0 Å². The summed E-state index contributed by atoms with van der Waals surface area (Å²) in [6.07, 6.45) is 6.97. The quantitative estimate of drug-likeness (QED) is 0.769. The first-order valence-corrected chi connectivity index (χ1v) is 6.75. The Kier molecular flexibility index (Phi) is 4.22. The first-order valence-electron chi connectivity index (χ1n) is 6.75. The third kappa shape index (κ3) is 2.96. The van der Waals surface area contributed by atoms with Gasteiger partial charge in [-0.2, -0.15) is 0 Å². The molecule has 3 nitrogen and oxygen atoms in total. The van der Waals surface area contributed by atoms with Crippen molar-refractivity contribution in [3.63, 3.8) is 0 Å². The number of likely N-dealkylation sites (tertiary alicyclic amines) is 1. The van der Waals surface area contributed by atoms with Gasteiger partial charge in [-0.15, -0.1) is 0 Å². The Labute approximate surface area is 99.4 Å². The van der Waals surface area contributed by atoms with Crippen LogP contribution >= 0.6 is 0 Å². The van der Waals surface area contributed by atoms with Crippen molar-refractivity contribution in [2.75, 3.05) is 27.2 Å². The molecule has 3 heteroatoms. The van der Waals surface area contributed by atoms with Gasteiger partial charge in [-0.25, -0.2) is 0 Å². The normalized spacial score (nSPS) is 34.5. The maximum absolute atomic E-state index is 9.53. The van der Waals surface area contributed by atoms with E-state index in [1.807, 2.05) is 0 Å². The lowest BCUT2D eigenvalue weighted by molar-refractivity contribution is 0.0490. The molecule has 0 spiro atoms. The van der Waals surface area contributed by atoms with Gasteiger partial charge in [-0.1, -0.05) is 0 Å². The lowest BCUT2D eigenvalue weighted by atomic mass is 9.90. The maximum atomic E-state index is 9.53. The molecule has 0 aromatic rings. The van der Waals surface area contributed by atoms with Crippen LogP contribution in [0.4, 0.5) is 0 Å². The van der Waals surface area contributed by atoms with Crippen molar-refractivity contribution in [3.8, 4) is 0 Å². The summed E-state index contributed by atoms with van der Waals surface area (Å²) in [5.74, 6) is 0. The zero-order chi connectivity index (χ0) is 11.5. The predicted octanol–water partition coefficient (Wildman–Crippen LogP) is 1.32. The number of piperidine rings is 1. The van der Waals surface area contributed by atoms with Crippen LogP contribution in [0.1, 0.15) is 38.5 Å². The van der Waals surface area contributed by atoms with Gasteiger partial charge in [0.05, 0.1) is 6.10 Å². The lowest BCUT2D eigenvalue weighted by Crippen LogP contribution is -2.47. The third-order valence-corrected chi connectivity index (χ3v) is 4.51. The van der Waals surface area contributed by atoms with Crippen molar-refractivity contribution >= 4 is 0 Å². The van der Waals surface area contributed by atoms with Gasteiger partial charge < -0.3 is 14.9 Å². The van der Waals surface area contributed by atoms with Crippen LogP contribution in [0.3, 0.4) is 0 Å². The summed E-state index contributed by atoms with van der Waals surface area (Å²) < 4.78 is 0. The maximum Gasteiger partial charge on any atom is 0.0541 e. The van der Waals surface area contributed by atoms with Crippen LogP contribution < -0.4 is 0 Å². The highest BCUT2D eigenvalue weighted by Crippen LogP contribution is 2.26. The van der Waals surface area contributed by atoms with Crippen molar-refractivity contribution in [3.05, 3.63) is 0 Å². The van der Waals surface area contributed by atoms with Gasteiger partial charge >= 0.3 is 0 Å². The summed E-state index contributed by atoms with van der Waals surface area (Å²) >= 11 is 0. The Morgan fingerprint density at radius 3 is 2.00 bits per heavy atom. The molecule has 0 aromatic heterocycles. The second-order valence-electron chi connectivity index (χ2n) is 5.66. The Morgan fingerprint density at radius 2 is 1.44 bits per heavy atom. The van der Waals surface area contributed by atoms with Gasteiger partial charge in [0.25, 0.3) is 0 Å². The number of nitrogens with zero attached hydrogens (tertiary/aromatic N) is 2. The first kappa shape index (κ1) is 12.3. The summed E-state index contributed by atoms with van der Waals surface area (Å²) in [6.45, 7) is 2.48. The van der Waals surface area contributed by atoms with Crippen LogP contribution in [0, 0.1) is 0 Å². The number of aliphatic hydroxyl groups excluding tert-OH is 1. The van der Waals surface area contributed by atoms with Crippen LogP contribution in [0.15, 0.2) is 0 Å². The second-order valence-corrected chi connectivity index (χ2v) is 5.66. The average molecular weight is 226 g/mol. The van der Waals surface area contributed by atoms with Crippen molar-refractivity contribution in [2.24, 2.45) is 0 Å². The van der Waals surface area contributed by atoms with Gasteiger partial charge in [-0.3, -0.25) is 0 Å². The topological polar surface area (TPSA) is 26.7 Å². The summed E-state index contributed by atoms with van der Waals surface area (Å²) in [7, 11) is 4.51. The fourth-order valence-corrected chi connectivity index (χ4v) is 3.17. The molecule has 0 amide bonds. The molecule has 0 bridgehead atoms. The second kappa shape index (κ2) is 5.48. The van der Waals surface area contributed by atoms with E-state index in [0.29, 0.717) is 0 Å². The highest BCUT2D eigenvalue weighted by molar-refractivity contribution is 4.84. The van der Waals surface area contributed by atoms with Gasteiger partial charge in [0.1, 0.15) is 0 Å². The van der Waals surface area contributed by atoms with Gasteiger partial charge in [0.15, 0.2) is 0 Å². The van der Waals surface area contributed by atoms with E-state index in [1.165, 1.54) is 38.8 Å². The van der Waals surface area contributed by atoms with Crippen LogP contribution in [0.5, 0.6) is 0 Å².